The first kappa shape index (κ1) is 23.5. The van der Waals surface area contributed by atoms with Crippen molar-refractivity contribution in [2.24, 2.45) is 4.99 Å². The molecule has 0 radical (unpaired) electrons. The molecule has 0 aliphatic heterocycles. The summed E-state index contributed by atoms with van der Waals surface area (Å²) < 4.78 is 10.8. The Morgan fingerprint density at radius 2 is 1.83 bits per heavy atom. The number of guanidine groups is 1. The van der Waals surface area contributed by atoms with Crippen LogP contribution in [0.15, 0.2) is 52.1 Å². The molecule has 0 spiro atoms. The number of rotatable bonds is 13. The number of nitrogens with one attached hydrogen (secondary N) is 3. The number of hydrogen-bond acceptors (Lipinski definition) is 4. The van der Waals surface area contributed by atoms with Gasteiger partial charge in [0, 0.05) is 31.8 Å². The van der Waals surface area contributed by atoms with E-state index in [1.165, 1.54) is 0 Å². The molecule has 1 aromatic carbocycles. The number of aliphatic imine (C=N–C) groups is 1. The molecule has 0 aliphatic rings. The van der Waals surface area contributed by atoms with Crippen LogP contribution < -0.4 is 16.0 Å². The first-order valence-electron chi connectivity index (χ1n) is 10.7. The standard InChI is InChI=1S/C23H34N4O3/c1-3-5-13-25-22(28)20-11-9-19(10-12-20)17-27-23(24-4-2)26-14-7-15-29-18-21-8-6-16-30-21/h6,8-12,16H,3-5,7,13-15,17-18H2,1-2H3,(H,25,28)(H2,24,26,27). The van der Waals surface area contributed by atoms with E-state index in [1.807, 2.05) is 43.3 Å². The summed E-state index contributed by atoms with van der Waals surface area (Å²) >= 11 is 0. The lowest BCUT2D eigenvalue weighted by atomic mass is 10.1. The summed E-state index contributed by atoms with van der Waals surface area (Å²) in [7, 11) is 0. The molecule has 2 rings (SSSR count). The first-order chi connectivity index (χ1) is 14.7. The molecular formula is C23H34N4O3. The van der Waals surface area contributed by atoms with Crippen LogP contribution in [0.5, 0.6) is 0 Å². The number of unbranched alkanes of at least 4 members (excludes halogenated alkanes) is 1. The zero-order valence-electron chi connectivity index (χ0n) is 18.1. The molecule has 0 aliphatic carbocycles. The van der Waals surface area contributed by atoms with E-state index in [1.54, 1.807) is 6.26 Å². The molecule has 1 amide bonds. The molecule has 1 aromatic heterocycles. The first-order valence-corrected chi connectivity index (χ1v) is 10.7. The largest absolute Gasteiger partial charge is 0.467 e. The van der Waals surface area contributed by atoms with E-state index in [9.17, 15) is 4.79 Å². The molecule has 2 aromatic rings. The Kier molecular flexibility index (Phi) is 11.1. The number of ether oxygens (including phenoxy) is 1. The van der Waals surface area contributed by atoms with Crippen molar-refractivity contribution in [1.29, 1.82) is 0 Å². The van der Waals surface area contributed by atoms with E-state index in [2.05, 4.69) is 27.9 Å². The average molecular weight is 415 g/mol. The number of carbonyl (C=O) groups excluding carboxylic acids is 1. The zero-order chi connectivity index (χ0) is 21.4. The van der Waals surface area contributed by atoms with Gasteiger partial charge in [0.1, 0.15) is 12.4 Å². The van der Waals surface area contributed by atoms with Crippen LogP contribution in [-0.2, 0) is 17.9 Å². The minimum atomic E-state index is -0.0252. The highest BCUT2D eigenvalue weighted by Gasteiger charge is 2.04. The van der Waals surface area contributed by atoms with Crippen molar-refractivity contribution < 1.29 is 13.9 Å². The average Bonchev–Trinajstić information content (AvgIpc) is 3.28. The van der Waals surface area contributed by atoms with Gasteiger partial charge in [-0.1, -0.05) is 25.5 Å². The summed E-state index contributed by atoms with van der Waals surface area (Å²) in [6.45, 7) is 8.10. The third-order valence-corrected chi connectivity index (χ3v) is 4.38. The van der Waals surface area contributed by atoms with Crippen LogP contribution in [0.25, 0.3) is 0 Å². The van der Waals surface area contributed by atoms with E-state index >= 15 is 0 Å². The van der Waals surface area contributed by atoms with E-state index < -0.39 is 0 Å². The number of furan rings is 1. The van der Waals surface area contributed by atoms with Crippen LogP contribution in [0.3, 0.4) is 0 Å². The third-order valence-electron chi connectivity index (χ3n) is 4.38. The SMILES string of the molecule is CCCCNC(=O)c1ccc(CN=C(NCC)NCCCOCc2ccco2)cc1. The molecule has 0 saturated carbocycles. The van der Waals surface area contributed by atoms with Gasteiger partial charge in [-0.15, -0.1) is 0 Å². The highest BCUT2D eigenvalue weighted by molar-refractivity contribution is 5.94. The number of benzene rings is 1. The molecule has 0 atom stereocenters. The van der Waals surface area contributed by atoms with Gasteiger partial charge in [-0.05, 0) is 49.6 Å². The monoisotopic (exact) mass is 414 g/mol. The Bertz CT molecular complexity index is 742. The van der Waals surface area contributed by atoms with E-state index in [-0.39, 0.29) is 5.91 Å². The summed E-state index contributed by atoms with van der Waals surface area (Å²) in [6.07, 6.45) is 4.58. The summed E-state index contributed by atoms with van der Waals surface area (Å²) in [5.41, 5.74) is 1.73. The summed E-state index contributed by atoms with van der Waals surface area (Å²) in [6, 6.07) is 11.4. The molecule has 0 fully saturated rings. The molecule has 7 heteroatoms. The molecule has 0 saturated heterocycles. The smallest absolute Gasteiger partial charge is 0.251 e. The Morgan fingerprint density at radius 1 is 1.03 bits per heavy atom. The maximum absolute atomic E-state index is 12.1. The van der Waals surface area contributed by atoms with Gasteiger partial charge < -0.3 is 25.1 Å². The van der Waals surface area contributed by atoms with Gasteiger partial charge in [0.05, 0.1) is 12.8 Å². The maximum Gasteiger partial charge on any atom is 0.251 e. The van der Waals surface area contributed by atoms with E-state index in [0.29, 0.717) is 31.9 Å². The van der Waals surface area contributed by atoms with Gasteiger partial charge >= 0.3 is 0 Å². The van der Waals surface area contributed by atoms with Gasteiger partial charge in [-0.2, -0.15) is 0 Å². The highest BCUT2D eigenvalue weighted by atomic mass is 16.5. The fraction of sp³-hybridized carbons (Fsp3) is 0.478. The molecular weight excluding hydrogens is 380 g/mol. The van der Waals surface area contributed by atoms with Crippen LogP contribution >= 0.6 is 0 Å². The lowest BCUT2D eigenvalue weighted by Gasteiger charge is -2.11. The molecule has 0 unspecified atom stereocenters. The molecule has 3 N–H and O–H groups in total. The summed E-state index contributed by atoms with van der Waals surface area (Å²) in [4.78, 5) is 16.7. The normalized spacial score (nSPS) is 11.3. The summed E-state index contributed by atoms with van der Waals surface area (Å²) in [5.74, 6) is 1.58. The Labute approximate surface area is 179 Å². The second-order valence-corrected chi connectivity index (χ2v) is 6.91. The lowest BCUT2D eigenvalue weighted by Crippen LogP contribution is -2.38. The number of nitrogens with zero attached hydrogens (tertiary/aromatic N) is 1. The number of amides is 1. The molecule has 164 valence electrons. The van der Waals surface area contributed by atoms with Crippen LogP contribution in [0.1, 0.15) is 54.8 Å². The Hall–Kier alpha value is -2.80. The van der Waals surface area contributed by atoms with Crippen molar-refractivity contribution in [3.63, 3.8) is 0 Å². The number of hydrogen-bond donors (Lipinski definition) is 3. The Balaban J connectivity index is 1.71. The van der Waals surface area contributed by atoms with E-state index in [4.69, 9.17) is 9.15 Å². The zero-order valence-corrected chi connectivity index (χ0v) is 18.1. The fourth-order valence-electron chi connectivity index (χ4n) is 2.70. The van der Waals surface area contributed by atoms with Crippen molar-refractivity contribution in [3.8, 4) is 0 Å². The van der Waals surface area contributed by atoms with Gasteiger partial charge in [0.25, 0.3) is 5.91 Å². The molecule has 1 heterocycles. The molecule has 30 heavy (non-hydrogen) atoms. The second kappa shape index (κ2) is 14.2. The van der Waals surface area contributed by atoms with E-state index in [0.717, 1.165) is 49.6 Å². The molecule has 0 bridgehead atoms. The van der Waals surface area contributed by atoms with Gasteiger partial charge in [0.2, 0.25) is 0 Å². The van der Waals surface area contributed by atoms with Crippen molar-refractivity contribution >= 4 is 11.9 Å². The maximum atomic E-state index is 12.1. The fourth-order valence-corrected chi connectivity index (χ4v) is 2.70. The van der Waals surface area contributed by atoms with Crippen molar-refractivity contribution in [3.05, 3.63) is 59.5 Å². The second-order valence-electron chi connectivity index (χ2n) is 6.91. The quantitative estimate of drug-likeness (QED) is 0.265. The van der Waals surface area contributed by atoms with Crippen LogP contribution in [0.4, 0.5) is 0 Å². The van der Waals surface area contributed by atoms with Crippen LogP contribution in [0.2, 0.25) is 0 Å². The number of carbonyl (C=O) groups is 1. The lowest BCUT2D eigenvalue weighted by molar-refractivity contribution is 0.0953. The Morgan fingerprint density at radius 3 is 2.53 bits per heavy atom. The highest BCUT2D eigenvalue weighted by Crippen LogP contribution is 2.06. The topological polar surface area (TPSA) is 87.9 Å². The van der Waals surface area contributed by atoms with Crippen molar-refractivity contribution in [2.45, 2.75) is 46.3 Å². The van der Waals surface area contributed by atoms with Gasteiger partial charge in [-0.25, -0.2) is 4.99 Å². The molecule has 7 nitrogen and oxygen atoms in total. The van der Waals surface area contributed by atoms with Crippen LogP contribution in [0, 0.1) is 0 Å². The van der Waals surface area contributed by atoms with Crippen LogP contribution in [-0.4, -0.2) is 38.1 Å². The third kappa shape index (κ3) is 9.13. The van der Waals surface area contributed by atoms with Crippen molar-refractivity contribution in [1.82, 2.24) is 16.0 Å². The van der Waals surface area contributed by atoms with Gasteiger partial charge in [-0.3, -0.25) is 4.79 Å². The predicted molar refractivity (Wildman–Crippen MR) is 119 cm³/mol. The van der Waals surface area contributed by atoms with Gasteiger partial charge in [0.15, 0.2) is 5.96 Å². The minimum Gasteiger partial charge on any atom is -0.467 e. The minimum absolute atomic E-state index is 0.0252. The summed E-state index contributed by atoms with van der Waals surface area (Å²) in [5, 5.41) is 9.49. The predicted octanol–water partition coefficient (Wildman–Crippen LogP) is 3.47. The van der Waals surface area contributed by atoms with Crippen molar-refractivity contribution in [2.75, 3.05) is 26.2 Å².